The molecule has 4 N–H and O–H groups in total. The normalized spacial score (nSPS) is 13.8. The molecular weight excluding hydrogens is 350 g/mol. The van der Waals surface area contributed by atoms with Crippen LogP contribution < -0.4 is 5.73 Å². The van der Waals surface area contributed by atoms with Crippen LogP contribution in [0.5, 0.6) is 0 Å². The summed E-state index contributed by atoms with van der Waals surface area (Å²) in [6, 6.07) is 6.89. The van der Waals surface area contributed by atoms with Crippen molar-refractivity contribution in [1.29, 1.82) is 0 Å². The van der Waals surface area contributed by atoms with Gasteiger partial charge in [0.15, 0.2) is 5.82 Å². The van der Waals surface area contributed by atoms with Gasteiger partial charge in [0.2, 0.25) is 17.7 Å². The minimum Gasteiger partial charge on any atom is -0.390 e. The number of aliphatic hydroxyl groups excluding tert-OH is 1. The Labute approximate surface area is 153 Å². The fraction of sp³-hybridized carbons (Fsp3) is 0.235. The molecule has 0 radical (unpaired) electrons. The number of hydrogen-bond acceptors (Lipinski definition) is 9. The van der Waals surface area contributed by atoms with Crippen molar-refractivity contribution in [3.63, 3.8) is 0 Å². The number of nitrogens with zero attached hydrogens (tertiary/aromatic N) is 6. The van der Waals surface area contributed by atoms with E-state index in [0.29, 0.717) is 28.5 Å². The van der Waals surface area contributed by atoms with E-state index in [1.165, 1.54) is 6.20 Å². The Bertz CT molecular complexity index is 1130. The van der Waals surface area contributed by atoms with Crippen LogP contribution in [0.15, 0.2) is 35.0 Å². The Balaban J connectivity index is 1.92. The fourth-order valence-corrected chi connectivity index (χ4v) is 2.88. The molecule has 0 unspecified atom stereocenters. The molecule has 0 aliphatic carbocycles. The van der Waals surface area contributed by atoms with Gasteiger partial charge in [-0.05, 0) is 18.6 Å². The maximum absolute atomic E-state index is 11.0. The maximum Gasteiger partial charge on any atom is 0.223 e. The van der Waals surface area contributed by atoms with Crippen LogP contribution in [0.4, 0.5) is 5.95 Å². The molecular formula is C17H17N7O3. The molecule has 4 rings (SSSR count). The number of hydrogen-bond donors (Lipinski definition) is 3. The van der Waals surface area contributed by atoms with Crippen molar-refractivity contribution in [2.75, 3.05) is 5.73 Å². The summed E-state index contributed by atoms with van der Waals surface area (Å²) in [5.41, 5.74) is 5.84. The molecule has 3 heterocycles. The second-order valence-corrected chi connectivity index (χ2v) is 6.23. The molecule has 0 aliphatic heterocycles. The van der Waals surface area contributed by atoms with E-state index in [9.17, 15) is 10.2 Å². The van der Waals surface area contributed by atoms with Crippen LogP contribution in [0.1, 0.15) is 29.9 Å². The molecule has 0 amide bonds. The Morgan fingerprint density at radius 2 is 2.07 bits per heavy atom. The Kier molecular flexibility index (Phi) is 3.86. The zero-order valence-electron chi connectivity index (χ0n) is 14.7. The molecule has 0 spiro atoms. The van der Waals surface area contributed by atoms with Gasteiger partial charge >= 0.3 is 0 Å². The molecule has 0 saturated heterocycles. The van der Waals surface area contributed by atoms with Crippen LogP contribution >= 0.6 is 0 Å². The number of aliphatic hydroxyl groups is 2. The fourth-order valence-electron chi connectivity index (χ4n) is 2.88. The Morgan fingerprint density at radius 3 is 2.74 bits per heavy atom. The first-order valence-corrected chi connectivity index (χ1v) is 8.15. The lowest BCUT2D eigenvalue weighted by Crippen LogP contribution is -2.24. The lowest BCUT2D eigenvalue weighted by molar-refractivity contribution is 0.0893. The van der Waals surface area contributed by atoms with Crippen LogP contribution in [-0.2, 0) is 12.2 Å². The van der Waals surface area contributed by atoms with Gasteiger partial charge in [-0.3, -0.25) is 0 Å². The minimum absolute atomic E-state index is 0.104. The second kappa shape index (κ2) is 6.11. The number of nitrogens with two attached hydrogens (primary N) is 1. The number of nitrogen functional groups attached to an aromatic ring is 1. The number of anilines is 1. The van der Waals surface area contributed by atoms with E-state index >= 15 is 0 Å². The van der Waals surface area contributed by atoms with E-state index in [1.807, 2.05) is 0 Å². The van der Waals surface area contributed by atoms with Crippen LogP contribution in [0, 0.1) is 6.92 Å². The van der Waals surface area contributed by atoms with Crippen molar-refractivity contribution in [3.05, 3.63) is 53.4 Å². The van der Waals surface area contributed by atoms with E-state index in [0.717, 1.165) is 5.39 Å². The number of aromatic nitrogens is 6. The monoisotopic (exact) mass is 367 g/mol. The minimum atomic E-state index is -1.48. The lowest BCUT2D eigenvalue weighted by atomic mass is 9.94. The largest absolute Gasteiger partial charge is 0.390 e. The highest BCUT2D eigenvalue weighted by molar-refractivity contribution is 5.84. The second-order valence-electron chi connectivity index (χ2n) is 6.23. The lowest BCUT2D eigenvalue weighted by Gasteiger charge is -2.20. The summed E-state index contributed by atoms with van der Waals surface area (Å²) in [5.74, 6) is 1.06. The highest BCUT2D eigenvalue weighted by atomic mass is 16.5. The third kappa shape index (κ3) is 2.80. The average Bonchev–Trinajstić information content (AvgIpc) is 3.25. The summed E-state index contributed by atoms with van der Waals surface area (Å²) >= 11 is 0. The van der Waals surface area contributed by atoms with Gasteiger partial charge in [-0.15, -0.1) is 0 Å². The highest BCUT2D eigenvalue weighted by Crippen LogP contribution is 2.31. The summed E-state index contributed by atoms with van der Waals surface area (Å²) in [6.45, 7) is 2.98. The molecule has 138 valence electrons. The highest BCUT2D eigenvalue weighted by Gasteiger charge is 2.32. The maximum atomic E-state index is 11.0. The predicted molar refractivity (Wildman–Crippen MR) is 94.7 cm³/mol. The Morgan fingerprint density at radius 1 is 1.26 bits per heavy atom. The van der Waals surface area contributed by atoms with Gasteiger partial charge < -0.3 is 20.5 Å². The summed E-state index contributed by atoms with van der Waals surface area (Å²) in [7, 11) is 0. The topological polar surface area (TPSA) is 149 Å². The number of fused-ring (bicyclic) bond motifs is 1. The quantitative estimate of drug-likeness (QED) is 0.477. The van der Waals surface area contributed by atoms with Crippen molar-refractivity contribution in [3.8, 4) is 5.82 Å². The third-order valence-electron chi connectivity index (χ3n) is 4.31. The smallest absolute Gasteiger partial charge is 0.223 e. The molecule has 1 atom stereocenters. The van der Waals surface area contributed by atoms with E-state index in [2.05, 4.69) is 25.2 Å². The zero-order chi connectivity index (χ0) is 19.2. The van der Waals surface area contributed by atoms with Gasteiger partial charge in [0.05, 0.1) is 17.8 Å². The third-order valence-corrected chi connectivity index (χ3v) is 4.31. The standard InChI is InChI=1S/C17H17N7O3/c1-9-20-15(23-27-9)17(2,26)10-3-4-11-12(8-25)22-24(13(11)7-10)14-5-6-19-16(18)21-14/h3-7,25-26H,8H2,1-2H3,(H2,18,19,21)/t17-/m1/s1. The van der Waals surface area contributed by atoms with Crippen molar-refractivity contribution in [2.24, 2.45) is 0 Å². The molecule has 0 saturated carbocycles. The van der Waals surface area contributed by atoms with Gasteiger partial charge in [-0.25, -0.2) is 9.67 Å². The van der Waals surface area contributed by atoms with Crippen LogP contribution in [0.25, 0.3) is 16.7 Å². The number of aryl methyl sites for hydroxylation is 1. The first-order valence-electron chi connectivity index (χ1n) is 8.15. The van der Waals surface area contributed by atoms with Crippen LogP contribution in [-0.4, -0.2) is 40.1 Å². The van der Waals surface area contributed by atoms with Crippen molar-refractivity contribution in [2.45, 2.75) is 26.1 Å². The number of rotatable bonds is 4. The van der Waals surface area contributed by atoms with Crippen molar-refractivity contribution in [1.82, 2.24) is 29.9 Å². The van der Waals surface area contributed by atoms with Gasteiger partial charge in [-0.2, -0.15) is 15.1 Å². The molecule has 4 aromatic rings. The summed E-state index contributed by atoms with van der Waals surface area (Å²) in [4.78, 5) is 12.2. The number of benzene rings is 1. The first kappa shape index (κ1) is 17.1. The van der Waals surface area contributed by atoms with Crippen LogP contribution in [0.3, 0.4) is 0 Å². The average molecular weight is 367 g/mol. The molecule has 1 aromatic carbocycles. The van der Waals surface area contributed by atoms with Gasteiger partial charge in [0, 0.05) is 24.6 Å². The van der Waals surface area contributed by atoms with Crippen LogP contribution in [0.2, 0.25) is 0 Å². The van der Waals surface area contributed by atoms with Crippen molar-refractivity contribution < 1.29 is 14.7 Å². The zero-order valence-corrected chi connectivity index (χ0v) is 14.7. The van der Waals surface area contributed by atoms with E-state index in [1.54, 1.807) is 42.8 Å². The molecule has 3 aromatic heterocycles. The SMILES string of the molecule is Cc1nc([C@](C)(O)c2ccc3c(CO)nn(-c4ccnc(N)n4)c3c2)no1. The van der Waals surface area contributed by atoms with Gasteiger partial charge in [-0.1, -0.05) is 17.3 Å². The molecule has 10 heteroatoms. The van der Waals surface area contributed by atoms with Gasteiger partial charge in [0.25, 0.3) is 0 Å². The summed E-state index contributed by atoms with van der Waals surface area (Å²) < 4.78 is 6.53. The Hall–Kier alpha value is -3.37. The van der Waals surface area contributed by atoms with Crippen molar-refractivity contribution >= 4 is 16.9 Å². The molecule has 0 fully saturated rings. The first-order chi connectivity index (χ1) is 12.9. The van der Waals surface area contributed by atoms with E-state index in [4.69, 9.17) is 10.3 Å². The molecule has 0 bridgehead atoms. The molecule has 0 aliphatic rings. The summed E-state index contributed by atoms with van der Waals surface area (Å²) in [5, 5.41) is 29.6. The molecule has 27 heavy (non-hydrogen) atoms. The van der Waals surface area contributed by atoms with E-state index in [-0.39, 0.29) is 18.4 Å². The summed E-state index contributed by atoms with van der Waals surface area (Å²) in [6.07, 6.45) is 1.52. The predicted octanol–water partition coefficient (Wildman–Crippen LogP) is 0.837. The van der Waals surface area contributed by atoms with E-state index < -0.39 is 5.60 Å². The van der Waals surface area contributed by atoms with Gasteiger partial charge in [0.1, 0.15) is 5.60 Å². The molecule has 10 nitrogen and oxygen atoms in total.